The Labute approximate surface area is 129 Å². The fourth-order valence-corrected chi connectivity index (χ4v) is 3.10. The third kappa shape index (κ3) is 5.12. The first-order valence-electron chi connectivity index (χ1n) is 8.32. The maximum Gasteiger partial charge on any atom is 0.186 e. The molecule has 2 fully saturated rings. The molecule has 2 nitrogen and oxygen atoms in total. The summed E-state index contributed by atoms with van der Waals surface area (Å²) >= 11 is 0. The van der Waals surface area contributed by atoms with E-state index in [1.807, 2.05) is 6.92 Å². The van der Waals surface area contributed by atoms with Crippen molar-refractivity contribution in [2.45, 2.75) is 84.2 Å². The Hall–Kier alpha value is -0.860. The lowest BCUT2D eigenvalue weighted by Crippen LogP contribution is -2.25. The molecule has 0 bridgehead atoms. The number of allylic oxidation sites excluding steroid dienone is 5. The predicted molar refractivity (Wildman–Crippen MR) is 88.2 cm³/mol. The van der Waals surface area contributed by atoms with Crippen LogP contribution >= 0.6 is 0 Å². The van der Waals surface area contributed by atoms with Crippen LogP contribution < -0.4 is 0 Å². The van der Waals surface area contributed by atoms with Gasteiger partial charge in [0.05, 0.1) is 12.2 Å². The van der Waals surface area contributed by atoms with Gasteiger partial charge >= 0.3 is 0 Å². The average Bonchev–Trinajstić information content (AvgIpc) is 2.74. The van der Waals surface area contributed by atoms with Crippen molar-refractivity contribution in [3.05, 3.63) is 35.5 Å². The van der Waals surface area contributed by atoms with Crippen molar-refractivity contribution in [3.8, 4) is 0 Å². The zero-order valence-electron chi connectivity index (χ0n) is 14.0. The SMILES string of the molecule is CC(C)=CCCC(C)=CC=CC1(C)OC2CCCCC2O1. The number of hydrogen-bond acceptors (Lipinski definition) is 2. The summed E-state index contributed by atoms with van der Waals surface area (Å²) in [5.74, 6) is -0.531. The van der Waals surface area contributed by atoms with Crippen molar-refractivity contribution in [2.24, 2.45) is 0 Å². The Balaban J connectivity index is 1.84. The van der Waals surface area contributed by atoms with Gasteiger partial charge in [-0.2, -0.15) is 0 Å². The quantitative estimate of drug-likeness (QED) is 0.504. The van der Waals surface area contributed by atoms with Gasteiger partial charge in [0.2, 0.25) is 0 Å². The van der Waals surface area contributed by atoms with Gasteiger partial charge in [-0.05, 0) is 59.5 Å². The van der Waals surface area contributed by atoms with Crippen molar-refractivity contribution in [2.75, 3.05) is 0 Å². The van der Waals surface area contributed by atoms with E-state index in [0.29, 0.717) is 12.2 Å². The van der Waals surface area contributed by atoms with Gasteiger partial charge in [0.15, 0.2) is 5.79 Å². The molecule has 1 saturated carbocycles. The van der Waals surface area contributed by atoms with E-state index in [-0.39, 0.29) is 0 Å². The summed E-state index contributed by atoms with van der Waals surface area (Å²) in [6, 6.07) is 0. The van der Waals surface area contributed by atoms with Crippen LogP contribution in [0.4, 0.5) is 0 Å². The fourth-order valence-electron chi connectivity index (χ4n) is 3.10. The highest BCUT2D eigenvalue weighted by atomic mass is 16.8. The molecule has 21 heavy (non-hydrogen) atoms. The Bertz CT molecular complexity index is 413. The highest BCUT2D eigenvalue weighted by molar-refractivity contribution is 5.14. The van der Waals surface area contributed by atoms with E-state index in [1.165, 1.54) is 24.0 Å². The molecule has 2 aliphatic rings. The van der Waals surface area contributed by atoms with Crippen LogP contribution in [-0.2, 0) is 9.47 Å². The summed E-state index contributed by atoms with van der Waals surface area (Å²) in [5, 5.41) is 0. The molecule has 0 radical (unpaired) electrons. The fraction of sp³-hybridized carbons (Fsp3) is 0.684. The van der Waals surface area contributed by atoms with E-state index >= 15 is 0 Å². The second kappa shape index (κ2) is 7.42. The monoisotopic (exact) mass is 290 g/mol. The van der Waals surface area contributed by atoms with Gasteiger partial charge in [-0.15, -0.1) is 0 Å². The smallest absolute Gasteiger partial charge is 0.186 e. The van der Waals surface area contributed by atoms with Crippen LogP contribution in [0.25, 0.3) is 0 Å². The van der Waals surface area contributed by atoms with Crippen molar-refractivity contribution in [3.63, 3.8) is 0 Å². The van der Waals surface area contributed by atoms with Gasteiger partial charge in [-0.3, -0.25) is 0 Å². The summed E-state index contributed by atoms with van der Waals surface area (Å²) in [6.07, 6.45) is 16.3. The standard InChI is InChI=1S/C19H30O2/c1-15(2)9-7-10-16(3)11-8-14-19(4)20-17-12-5-6-13-18(17)21-19/h8-9,11,14,17-18H,5-7,10,12-13H2,1-4H3. The first-order valence-corrected chi connectivity index (χ1v) is 8.32. The molecule has 0 aromatic rings. The Morgan fingerprint density at radius 3 is 2.29 bits per heavy atom. The van der Waals surface area contributed by atoms with Crippen molar-refractivity contribution in [1.82, 2.24) is 0 Å². The molecule has 0 aromatic carbocycles. The van der Waals surface area contributed by atoms with Crippen LogP contribution in [0.1, 0.15) is 66.2 Å². The van der Waals surface area contributed by atoms with Crippen molar-refractivity contribution >= 4 is 0 Å². The lowest BCUT2D eigenvalue weighted by atomic mass is 9.95. The Morgan fingerprint density at radius 1 is 1.10 bits per heavy atom. The van der Waals surface area contributed by atoms with Gasteiger partial charge in [0, 0.05) is 0 Å². The van der Waals surface area contributed by atoms with Crippen LogP contribution in [0.15, 0.2) is 35.5 Å². The lowest BCUT2D eigenvalue weighted by Gasteiger charge is -2.21. The molecule has 2 rings (SSSR count). The normalized spacial score (nSPS) is 33.2. The van der Waals surface area contributed by atoms with Crippen LogP contribution in [0.3, 0.4) is 0 Å². The molecule has 2 heteroatoms. The molecule has 2 atom stereocenters. The molecular weight excluding hydrogens is 260 g/mol. The van der Waals surface area contributed by atoms with Gasteiger partial charge in [-0.25, -0.2) is 0 Å². The summed E-state index contributed by atoms with van der Waals surface area (Å²) in [6.45, 7) is 8.51. The van der Waals surface area contributed by atoms with E-state index < -0.39 is 5.79 Å². The minimum Gasteiger partial charge on any atom is -0.341 e. The van der Waals surface area contributed by atoms with Crippen LogP contribution in [-0.4, -0.2) is 18.0 Å². The maximum absolute atomic E-state index is 6.10. The summed E-state index contributed by atoms with van der Waals surface area (Å²) in [4.78, 5) is 0. The van der Waals surface area contributed by atoms with E-state index in [0.717, 1.165) is 25.7 Å². The molecule has 1 aliphatic carbocycles. The van der Waals surface area contributed by atoms with Gasteiger partial charge in [0.25, 0.3) is 0 Å². The Kier molecular flexibility index (Phi) is 5.83. The summed E-state index contributed by atoms with van der Waals surface area (Å²) in [7, 11) is 0. The largest absolute Gasteiger partial charge is 0.341 e. The summed E-state index contributed by atoms with van der Waals surface area (Å²) in [5.41, 5.74) is 2.78. The second-order valence-electron chi connectivity index (χ2n) is 6.81. The van der Waals surface area contributed by atoms with Gasteiger partial charge < -0.3 is 9.47 Å². The van der Waals surface area contributed by atoms with E-state index in [9.17, 15) is 0 Å². The number of hydrogen-bond donors (Lipinski definition) is 0. The summed E-state index contributed by atoms with van der Waals surface area (Å²) < 4.78 is 12.2. The molecule has 2 unspecified atom stereocenters. The van der Waals surface area contributed by atoms with Crippen LogP contribution in [0.2, 0.25) is 0 Å². The van der Waals surface area contributed by atoms with E-state index in [2.05, 4.69) is 45.1 Å². The molecular formula is C19H30O2. The van der Waals surface area contributed by atoms with Crippen LogP contribution in [0.5, 0.6) is 0 Å². The number of ether oxygens (including phenoxy) is 2. The third-order valence-electron chi connectivity index (χ3n) is 4.28. The van der Waals surface area contributed by atoms with Crippen LogP contribution in [0, 0.1) is 0 Å². The lowest BCUT2D eigenvalue weighted by molar-refractivity contribution is -0.121. The highest BCUT2D eigenvalue weighted by Gasteiger charge is 2.43. The van der Waals surface area contributed by atoms with E-state index in [1.54, 1.807) is 0 Å². The molecule has 0 N–H and O–H groups in total. The topological polar surface area (TPSA) is 18.5 Å². The molecule has 1 saturated heterocycles. The van der Waals surface area contributed by atoms with Gasteiger partial charge in [0.1, 0.15) is 0 Å². The maximum atomic E-state index is 6.10. The molecule has 0 aromatic heterocycles. The molecule has 118 valence electrons. The number of rotatable bonds is 5. The first-order chi connectivity index (χ1) is 9.98. The minimum absolute atomic E-state index is 0.302. The molecule has 0 spiro atoms. The van der Waals surface area contributed by atoms with E-state index in [4.69, 9.17) is 9.47 Å². The first kappa shape index (κ1) is 16.5. The molecule has 1 heterocycles. The number of fused-ring (bicyclic) bond motifs is 1. The molecule has 0 amide bonds. The van der Waals surface area contributed by atoms with Crippen molar-refractivity contribution in [1.29, 1.82) is 0 Å². The molecule has 1 aliphatic heterocycles. The third-order valence-corrected chi connectivity index (χ3v) is 4.28. The van der Waals surface area contributed by atoms with Crippen molar-refractivity contribution < 1.29 is 9.47 Å². The zero-order valence-corrected chi connectivity index (χ0v) is 14.0. The second-order valence-corrected chi connectivity index (χ2v) is 6.81. The Morgan fingerprint density at radius 2 is 1.71 bits per heavy atom. The van der Waals surface area contributed by atoms with Gasteiger partial charge in [-0.1, -0.05) is 42.2 Å². The average molecular weight is 290 g/mol. The zero-order chi connectivity index (χ0) is 15.3. The predicted octanol–water partition coefficient (Wildman–Crippen LogP) is 5.31. The minimum atomic E-state index is -0.531. The highest BCUT2D eigenvalue weighted by Crippen LogP contribution is 2.37.